The number of carbonyl (C=O) groups excluding carboxylic acids is 2. The number of nitrogens with zero attached hydrogens (tertiary/aromatic N) is 2. The Morgan fingerprint density at radius 2 is 2.00 bits per heavy atom. The van der Waals surface area contributed by atoms with Crippen molar-refractivity contribution in [2.45, 2.75) is 31.0 Å². The molecule has 2 saturated heterocycles. The molecule has 0 unspecified atom stereocenters. The first-order valence-electron chi connectivity index (χ1n) is 9.78. The summed E-state index contributed by atoms with van der Waals surface area (Å²) in [5.41, 5.74) is 8.64. The minimum atomic E-state index is -0.781. The van der Waals surface area contributed by atoms with Crippen molar-refractivity contribution < 1.29 is 19.4 Å². The molecule has 4 rings (SSSR count). The number of piperazine rings is 1. The van der Waals surface area contributed by atoms with Crippen LogP contribution in [0.5, 0.6) is 5.75 Å². The van der Waals surface area contributed by atoms with E-state index < -0.39 is 12.1 Å². The molecule has 2 heterocycles. The second-order valence-corrected chi connectivity index (χ2v) is 7.48. The van der Waals surface area contributed by atoms with Crippen molar-refractivity contribution >= 4 is 17.5 Å². The van der Waals surface area contributed by atoms with E-state index in [1.165, 1.54) is 0 Å². The van der Waals surface area contributed by atoms with Crippen molar-refractivity contribution in [2.24, 2.45) is 5.73 Å². The molecule has 3 atom stereocenters. The third kappa shape index (κ3) is 3.36. The molecule has 0 aromatic heterocycles. The summed E-state index contributed by atoms with van der Waals surface area (Å²) >= 11 is 0. The SMILES string of the molecule is COc1ccc(-c2ccccc2)cc1N1C(=O)[C@@H]2C[C@H]1CN2C(=O)[C@@H](N)CCO. The highest BCUT2D eigenvalue weighted by Crippen LogP contribution is 2.41. The monoisotopic (exact) mass is 395 g/mol. The molecular weight excluding hydrogens is 370 g/mol. The predicted molar refractivity (Wildman–Crippen MR) is 110 cm³/mol. The van der Waals surface area contributed by atoms with Crippen LogP contribution in [0.2, 0.25) is 0 Å². The zero-order valence-electron chi connectivity index (χ0n) is 16.3. The first kappa shape index (κ1) is 19.4. The number of carbonyl (C=O) groups is 2. The molecule has 0 aliphatic carbocycles. The molecule has 152 valence electrons. The maximum Gasteiger partial charge on any atom is 0.250 e. The highest BCUT2D eigenvalue weighted by Gasteiger charge is 2.52. The van der Waals surface area contributed by atoms with Crippen LogP contribution in [0.15, 0.2) is 48.5 Å². The van der Waals surface area contributed by atoms with Gasteiger partial charge in [-0.25, -0.2) is 0 Å². The Balaban J connectivity index is 1.62. The van der Waals surface area contributed by atoms with E-state index >= 15 is 0 Å². The van der Waals surface area contributed by atoms with E-state index in [0.717, 1.165) is 16.8 Å². The van der Waals surface area contributed by atoms with Crippen LogP contribution in [0.1, 0.15) is 12.8 Å². The lowest BCUT2D eigenvalue weighted by molar-refractivity contribution is -0.139. The number of anilines is 1. The van der Waals surface area contributed by atoms with Crippen molar-refractivity contribution in [1.29, 1.82) is 0 Å². The van der Waals surface area contributed by atoms with Crippen molar-refractivity contribution in [3.8, 4) is 16.9 Å². The molecule has 2 aromatic rings. The molecule has 7 nitrogen and oxygen atoms in total. The lowest BCUT2D eigenvalue weighted by Crippen LogP contribution is -2.56. The van der Waals surface area contributed by atoms with Gasteiger partial charge in [-0.1, -0.05) is 36.4 Å². The quantitative estimate of drug-likeness (QED) is 0.771. The van der Waals surface area contributed by atoms with Crippen LogP contribution in [-0.4, -0.2) is 60.2 Å². The largest absolute Gasteiger partial charge is 0.495 e. The van der Waals surface area contributed by atoms with E-state index in [1.54, 1.807) is 16.9 Å². The zero-order chi connectivity index (χ0) is 20.5. The van der Waals surface area contributed by atoms with E-state index in [4.69, 9.17) is 15.6 Å². The maximum atomic E-state index is 13.2. The Labute approximate surface area is 169 Å². The van der Waals surface area contributed by atoms with Gasteiger partial charge in [0.25, 0.3) is 0 Å². The molecule has 2 aromatic carbocycles. The summed E-state index contributed by atoms with van der Waals surface area (Å²) < 4.78 is 5.53. The Morgan fingerprint density at radius 3 is 2.66 bits per heavy atom. The number of ether oxygens (including phenoxy) is 1. The number of hydrogen-bond acceptors (Lipinski definition) is 5. The first-order chi connectivity index (χ1) is 14.0. The summed E-state index contributed by atoms with van der Waals surface area (Å²) in [6.07, 6.45) is 0.771. The molecule has 3 N–H and O–H groups in total. The summed E-state index contributed by atoms with van der Waals surface area (Å²) in [5, 5.41) is 9.04. The number of rotatable bonds is 6. The smallest absolute Gasteiger partial charge is 0.250 e. The lowest BCUT2D eigenvalue weighted by Gasteiger charge is -2.35. The average molecular weight is 395 g/mol. The number of likely N-dealkylation sites (tertiary alicyclic amines) is 1. The van der Waals surface area contributed by atoms with Gasteiger partial charge in [0.1, 0.15) is 11.8 Å². The predicted octanol–water partition coefficient (Wildman–Crippen LogP) is 1.39. The van der Waals surface area contributed by atoms with Crippen molar-refractivity contribution in [2.75, 3.05) is 25.2 Å². The number of nitrogens with two attached hydrogens (primary N) is 1. The number of aliphatic hydroxyl groups excluding tert-OH is 1. The molecule has 0 radical (unpaired) electrons. The van der Waals surface area contributed by atoms with Crippen LogP contribution in [0.25, 0.3) is 11.1 Å². The van der Waals surface area contributed by atoms with Gasteiger partial charge in [0.15, 0.2) is 0 Å². The second kappa shape index (κ2) is 7.85. The van der Waals surface area contributed by atoms with E-state index in [1.807, 2.05) is 48.5 Å². The van der Waals surface area contributed by atoms with Crippen LogP contribution < -0.4 is 15.4 Å². The van der Waals surface area contributed by atoms with Crippen molar-refractivity contribution in [3.63, 3.8) is 0 Å². The van der Waals surface area contributed by atoms with Crippen LogP contribution in [-0.2, 0) is 9.59 Å². The lowest BCUT2D eigenvalue weighted by atomic mass is 10.0. The molecule has 2 aliphatic rings. The Hall–Kier alpha value is -2.90. The summed E-state index contributed by atoms with van der Waals surface area (Å²) in [7, 11) is 1.59. The van der Waals surface area contributed by atoms with Gasteiger partial charge in [-0.2, -0.15) is 0 Å². The summed E-state index contributed by atoms with van der Waals surface area (Å²) in [6, 6.07) is 14.4. The summed E-state index contributed by atoms with van der Waals surface area (Å²) in [4.78, 5) is 29.1. The van der Waals surface area contributed by atoms with E-state index in [9.17, 15) is 9.59 Å². The van der Waals surface area contributed by atoms with Gasteiger partial charge < -0.3 is 25.4 Å². The Bertz CT molecular complexity index is 918. The third-order valence-electron chi connectivity index (χ3n) is 5.75. The molecule has 2 fully saturated rings. The van der Waals surface area contributed by atoms with Gasteiger partial charge in [-0.05, 0) is 36.1 Å². The van der Waals surface area contributed by atoms with Crippen molar-refractivity contribution in [1.82, 2.24) is 4.90 Å². The fraction of sp³-hybridized carbons (Fsp3) is 0.364. The Kier molecular flexibility index (Phi) is 5.25. The topological polar surface area (TPSA) is 96.1 Å². The van der Waals surface area contributed by atoms with Gasteiger partial charge in [0, 0.05) is 13.2 Å². The number of amides is 2. The highest BCUT2D eigenvalue weighted by molar-refractivity contribution is 6.05. The molecule has 2 amide bonds. The fourth-order valence-corrected chi connectivity index (χ4v) is 4.30. The number of fused-ring (bicyclic) bond motifs is 2. The van der Waals surface area contributed by atoms with Gasteiger partial charge in [0.05, 0.1) is 24.9 Å². The van der Waals surface area contributed by atoms with Crippen molar-refractivity contribution in [3.05, 3.63) is 48.5 Å². The van der Waals surface area contributed by atoms with Gasteiger partial charge in [-0.15, -0.1) is 0 Å². The number of benzene rings is 2. The maximum absolute atomic E-state index is 13.2. The number of hydrogen-bond donors (Lipinski definition) is 2. The fourth-order valence-electron chi connectivity index (χ4n) is 4.30. The number of aliphatic hydroxyl groups is 1. The first-order valence-corrected chi connectivity index (χ1v) is 9.78. The summed E-state index contributed by atoms with van der Waals surface area (Å²) in [5.74, 6) is 0.235. The third-order valence-corrected chi connectivity index (χ3v) is 5.75. The molecule has 7 heteroatoms. The van der Waals surface area contributed by atoms with Gasteiger partial charge >= 0.3 is 0 Å². The average Bonchev–Trinajstić information content (AvgIpc) is 3.31. The van der Waals surface area contributed by atoms with Gasteiger partial charge in [-0.3, -0.25) is 9.59 Å². The molecular formula is C22H25N3O4. The molecule has 2 bridgehead atoms. The molecule has 2 aliphatic heterocycles. The second-order valence-electron chi connectivity index (χ2n) is 7.48. The number of methoxy groups -OCH3 is 1. The Morgan fingerprint density at radius 1 is 1.24 bits per heavy atom. The standard InChI is InChI=1S/C22H25N3O4/c1-29-20-8-7-15(14-5-3-2-4-6-14)11-18(20)25-16-12-19(22(25)28)24(13-16)21(27)17(23)9-10-26/h2-8,11,16-17,19,26H,9-10,12-13,23H2,1H3/t16-,17-,19-/m0/s1. The summed E-state index contributed by atoms with van der Waals surface area (Å²) in [6.45, 7) is 0.283. The van der Waals surface area contributed by atoms with Crippen LogP contribution in [0.4, 0.5) is 5.69 Å². The van der Waals surface area contributed by atoms with Crippen LogP contribution >= 0.6 is 0 Å². The van der Waals surface area contributed by atoms with Crippen LogP contribution in [0.3, 0.4) is 0 Å². The van der Waals surface area contributed by atoms with Gasteiger partial charge in [0.2, 0.25) is 11.8 Å². The van der Waals surface area contributed by atoms with E-state index in [-0.39, 0.29) is 30.9 Å². The van der Waals surface area contributed by atoms with E-state index in [0.29, 0.717) is 18.7 Å². The zero-order valence-corrected chi connectivity index (χ0v) is 16.3. The van der Waals surface area contributed by atoms with E-state index in [2.05, 4.69) is 0 Å². The minimum Gasteiger partial charge on any atom is -0.495 e. The normalized spacial score (nSPS) is 21.6. The molecule has 0 spiro atoms. The molecule has 0 saturated carbocycles. The minimum absolute atomic E-state index is 0.113. The van der Waals surface area contributed by atoms with Crippen LogP contribution in [0, 0.1) is 0 Å². The highest BCUT2D eigenvalue weighted by atomic mass is 16.5. The molecule has 29 heavy (non-hydrogen) atoms.